The molecule has 0 aliphatic carbocycles. The van der Waals surface area contributed by atoms with Crippen LogP contribution in [0.25, 0.3) is 0 Å². The summed E-state index contributed by atoms with van der Waals surface area (Å²) >= 11 is 0. The fourth-order valence-electron chi connectivity index (χ4n) is 4.00. The number of rotatable bonds is 8. The lowest BCUT2D eigenvalue weighted by Crippen LogP contribution is -2.38. The number of piperidine rings is 1. The highest BCUT2D eigenvalue weighted by Gasteiger charge is 2.26. The quantitative estimate of drug-likeness (QED) is 0.649. The molecule has 162 valence electrons. The summed E-state index contributed by atoms with van der Waals surface area (Å²) in [4.78, 5) is 17.3. The van der Waals surface area contributed by atoms with Gasteiger partial charge in [-0.15, -0.1) is 0 Å². The lowest BCUT2D eigenvalue weighted by atomic mass is 9.98. The average molecular weight is 424 g/mol. The molecule has 0 radical (unpaired) electrons. The number of carbonyl (C=O) groups is 1. The van der Waals surface area contributed by atoms with Gasteiger partial charge in [-0.3, -0.25) is 4.79 Å². The van der Waals surface area contributed by atoms with Crippen molar-refractivity contribution in [3.8, 4) is 5.75 Å². The van der Waals surface area contributed by atoms with Crippen molar-refractivity contribution < 1.29 is 17.9 Å². The molecule has 0 spiro atoms. The molecule has 1 aromatic rings. The van der Waals surface area contributed by atoms with Gasteiger partial charge >= 0.3 is 0 Å². The van der Waals surface area contributed by atoms with Crippen LogP contribution in [0.3, 0.4) is 0 Å². The van der Waals surface area contributed by atoms with Crippen molar-refractivity contribution in [3.63, 3.8) is 0 Å². The topological polar surface area (TPSA) is 79.0 Å². The maximum atomic E-state index is 13.0. The van der Waals surface area contributed by atoms with E-state index >= 15 is 0 Å². The summed E-state index contributed by atoms with van der Waals surface area (Å²) in [5.74, 6) is 0.846. The van der Waals surface area contributed by atoms with Gasteiger partial charge in [0.05, 0.1) is 17.6 Å². The zero-order valence-electron chi connectivity index (χ0n) is 17.5. The van der Waals surface area contributed by atoms with Crippen molar-refractivity contribution in [2.75, 3.05) is 46.4 Å². The van der Waals surface area contributed by atoms with Crippen LogP contribution in [0.4, 0.5) is 0 Å². The number of carbonyl (C=O) groups excluding carboxylic acids is 1. The Morgan fingerprint density at radius 1 is 1.17 bits per heavy atom. The minimum absolute atomic E-state index is 0.105. The molecule has 7 nitrogen and oxygen atoms in total. The van der Waals surface area contributed by atoms with E-state index in [1.807, 2.05) is 0 Å². The molecule has 0 aromatic heterocycles. The van der Waals surface area contributed by atoms with Crippen LogP contribution in [0, 0.1) is 5.92 Å². The maximum absolute atomic E-state index is 13.0. The molecule has 0 bridgehead atoms. The maximum Gasteiger partial charge on any atom is 0.257 e. The number of hydrogen-bond donors (Lipinski definition) is 1. The van der Waals surface area contributed by atoms with Crippen molar-refractivity contribution >= 4 is 15.9 Å². The van der Waals surface area contributed by atoms with Crippen molar-refractivity contribution in [3.05, 3.63) is 23.8 Å². The predicted molar refractivity (Wildman–Crippen MR) is 113 cm³/mol. The highest BCUT2D eigenvalue weighted by molar-refractivity contribution is 7.89. The molecule has 2 fully saturated rings. The first-order valence-corrected chi connectivity index (χ1v) is 12.1. The second-order valence-electron chi connectivity index (χ2n) is 8.14. The average Bonchev–Trinajstić information content (AvgIpc) is 3.24. The number of nitrogens with one attached hydrogen (secondary N) is 1. The van der Waals surface area contributed by atoms with E-state index in [1.165, 1.54) is 32.1 Å². The fourth-order valence-corrected chi connectivity index (χ4v) is 5.10. The predicted octanol–water partition coefficient (Wildman–Crippen LogP) is 2.33. The molecule has 0 atom stereocenters. The summed E-state index contributed by atoms with van der Waals surface area (Å²) in [5.41, 5.74) is 0.307. The van der Waals surface area contributed by atoms with Gasteiger partial charge in [0.1, 0.15) is 5.75 Å². The van der Waals surface area contributed by atoms with E-state index < -0.39 is 10.0 Å². The third-order valence-corrected chi connectivity index (χ3v) is 7.38. The SMILES string of the molecule is COc1ccc(S(=O)(=O)NCCCN2CCCC2)cc1C(=O)N1CCC(C)CC1. The van der Waals surface area contributed by atoms with Crippen molar-refractivity contribution in [1.82, 2.24) is 14.5 Å². The molecular weight excluding hydrogens is 390 g/mol. The van der Waals surface area contributed by atoms with Gasteiger partial charge in [-0.1, -0.05) is 6.92 Å². The first-order chi connectivity index (χ1) is 13.9. The summed E-state index contributed by atoms with van der Waals surface area (Å²) in [6.45, 7) is 7.06. The lowest BCUT2D eigenvalue weighted by Gasteiger charge is -2.30. The number of hydrogen-bond acceptors (Lipinski definition) is 5. The summed E-state index contributed by atoms with van der Waals surface area (Å²) in [5, 5.41) is 0. The van der Waals surface area contributed by atoms with Gasteiger partial charge in [-0.2, -0.15) is 0 Å². The van der Waals surface area contributed by atoms with Gasteiger partial charge in [0.2, 0.25) is 10.0 Å². The van der Waals surface area contributed by atoms with Crippen molar-refractivity contribution in [2.24, 2.45) is 5.92 Å². The van der Waals surface area contributed by atoms with E-state index in [1.54, 1.807) is 11.0 Å². The Labute approximate surface area is 174 Å². The number of ether oxygens (including phenoxy) is 1. The third-order valence-electron chi connectivity index (χ3n) is 5.92. The smallest absolute Gasteiger partial charge is 0.257 e. The monoisotopic (exact) mass is 423 g/mol. The number of nitrogens with zero attached hydrogens (tertiary/aromatic N) is 2. The molecule has 8 heteroatoms. The van der Waals surface area contributed by atoms with Gasteiger partial charge in [0, 0.05) is 19.6 Å². The van der Waals surface area contributed by atoms with E-state index in [0.29, 0.717) is 36.9 Å². The van der Waals surface area contributed by atoms with E-state index in [4.69, 9.17) is 4.74 Å². The minimum atomic E-state index is -3.67. The largest absolute Gasteiger partial charge is 0.496 e. The lowest BCUT2D eigenvalue weighted by molar-refractivity contribution is 0.0693. The van der Waals surface area contributed by atoms with Crippen molar-refractivity contribution in [1.29, 1.82) is 0 Å². The van der Waals surface area contributed by atoms with Crippen LogP contribution in [0.1, 0.15) is 49.4 Å². The molecule has 29 heavy (non-hydrogen) atoms. The van der Waals surface area contributed by atoms with E-state index in [9.17, 15) is 13.2 Å². The molecule has 3 rings (SSSR count). The molecule has 0 saturated carbocycles. The summed E-state index contributed by atoms with van der Waals surface area (Å²) in [6, 6.07) is 4.51. The highest BCUT2D eigenvalue weighted by atomic mass is 32.2. The van der Waals surface area contributed by atoms with Crippen LogP contribution in [0.15, 0.2) is 23.1 Å². The molecule has 0 unspecified atom stereocenters. The molecule has 2 heterocycles. The summed E-state index contributed by atoms with van der Waals surface area (Å²) in [7, 11) is -2.18. The van der Waals surface area contributed by atoms with E-state index in [-0.39, 0.29) is 10.8 Å². The van der Waals surface area contributed by atoms with Crippen LogP contribution in [-0.4, -0.2) is 70.5 Å². The number of amides is 1. The highest BCUT2D eigenvalue weighted by Crippen LogP contribution is 2.26. The first kappa shape index (κ1) is 22.1. The molecule has 1 amide bonds. The Morgan fingerprint density at radius 2 is 1.86 bits per heavy atom. The van der Waals surface area contributed by atoms with Crippen LogP contribution in [0.5, 0.6) is 5.75 Å². The number of benzene rings is 1. The third kappa shape index (κ3) is 5.71. The first-order valence-electron chi connectivity index (χ1n) is 10.6. The van der Waals surface area contributed by atoms with Gasteiger partial charge in [0.15, 0.2) is 0 Å². The Kier molecular flexibility index (Phi) is 7.54. The standard InChI is InChI=1S/C21H33N3O4S/c1-17-8-14-24(15-9-17)21(25)19-16-18(6-7-20(19)28-2)29(26,27)22-10-5-13-23-11-3-4-12-23/h6-7,16-17,22H,3-5,8-15H2,1-2H3. The molecule has 2 saturated heterocycles. The van der Waals surface area contributed by atoms with Crippen LogP contribution < -0.4 is 9.46 Å². The van der Waals surface area contributed by atoms with Crippen LogP contribution in [-0.2, 0) is 10.0 Å². The second-order valence-corrected chi connectivity index (χ2v) is 9.90. The Bertz CT molecular complexity index is 798. The Hall–Kier alpha value is -1.64. The Morgan fingerprint density at radius 3 is 2.52 bits per heavy atom. The second kappa shape index (κ2) is 9.91. The van der Waals surface area contributed by atoms with Gasteiger partial charge in [0.25, 0.3) is 5.91 Å². The molecule has 1 aromatic carbocycles. The zero-order valence-corrected chi connectivity index (χ0v) is 18.3. The normalized spacial score (nSPS) is 18.9. The number of sulfonamides is 1. The number of likely N-dealkylation sites (tertiary alicyclic amines) is 2. The summed E-state index contributed by atoms with van der Waals surface area (Å²) in [6.07, 6.45) is 5.15. The van der Waals surface area contributed by atoms with Crippen LogP contribution >= 0.6 is 0 Å². The van der Waals surface area contributed by atoms with E-state index in [0.717, 1.165) is 38.9 Å². The van der Waals surface area contributed by atoms with Crippen LogP contribution in [0.2, 0.25) is 0 Å². The molecule has 2 aliphatic rings. The van der Waals surface area contributed by atoms with E-state index in [2.05, 4.69) is 16.5 Å². The summed E-state index contributed by atoms with van der Waals surface area (Å²) < 4.78 is 33.5. The van der Waals surface area contributed by atoms with Gasteiger partial charge < -0.3 is 14.5 Å². The zero-order chi connectivity index (χ0) is 20.9. The Balaban J connectivity index is 1.66. The van der Waals surface area contributed by atoms with Gasteiger partial charge in [-0.05, 0) is 75.9 Å². The molecular formula is C21H33N3O4S. The fraction of sp³-hybridized carbons (Fsp3) is 0.667. The number of methoxy groups -OCH3 is 1. The van der Waals surface area contributed by atoms with Crippen molar-refractivity contribution in [2.45, 2.75) is 43.9 Å². The minimum Gasteiger partial charge on any atom is -0.496 e. The molecule has 2 aliphatic heterocycles. The van der Waals surface area contributed by atoms with Gasteiger partial charge in [-0.25, -0.2) is 13.1 Å². The molecule has 1 N–H and O–H groups in total.